The summed E-state index contributed by atoms with van der Waals surface area (Å²) in [7, 11) is 0. The van der Waals surface area contributed by atoms with Crippen LogP contribution in [0.2, 0.25) is 5.02 Å². The van der Waals surface area contributed by atoms with Gasteiger partial charge in [0, 0.05) is 34.2 Å². The minimum atomic E-state index is -5.88. The van der Waals surface area contributed by atoms with E-state index in [-0.39, 0.29) is 11.4 Å². The summed E-state index contributed by atoms with van der Waals surface area (Å²) in [6.07, 6.45) is -10.4. The molecular weight excluding hydrogens is 448 g/mol. The van der Waals surface area contributed by atoms with Gasteiger partial charge in [0.1, 0.15) is 0 Å². The summed E-state index contributed by atoms with van der Waals surface area (Å²) >= 11 is 5.69. The summed E-state index contributed by atoms with van der Waals surface area (Å²) < 4.78 is 82.3. The highest BCUT2D eigenvalue weighted by atomic mass is 35.5. The monoisotopic (exact) mass is 463 g/mol. The zero-order chi connectivity index (χ0) is 22.9. The molecule has 0 fully saturated rings. The number of benzene rings is 2. The second-order valence-corrected chi connectivity index (χ2v) is 7.18. The largest absolute Gasteiger partial charge is 0.434 e. The van der Waals surface area contributed by atoms with E-state index in [1.54, 1.807) is 24.3 Å². The third-order valence-electron chi connectivity index (χ3n) is 4.70. The molecule has 1 amide bonds. The average molecular weight is 464 g/mol. The Balaban J connectivity index is 1.87. The van der Waals surface area contributed by atoms with Crippen LogP contribution in [-0.2, 0) is 6.42 Å². The SMILES string of the molecule is O=C(NC(NCCc1c[nH]c2ccccc12)(C(F)(F)F)C(F)(F)F)c1cccc(Cl)c1. The molecule has 0 aliphatic rings. The van der Waals surface area contributed by atoms with Gasteiger partial charge in [0.15, 0.2) is 0 Å². The van der Waals surface area contributed by atoms with E-state index in [0.717, 1.165) is 17.4 Å². The molecule has 0 bridgehead atoms. The van der Waals surface area contributed by atoms with Crippen molar-refractivity contribution in [3.63, 3.8) is 0 Å². The number of halogens is 7. The Labute approximate surface area is 177 Å². The predicted molar refractivity (Wildman–Crippen MR) is 104 cm³/mol. The number of carbonyl (C=O) groups excluding carboxylic acids is 1. The van der Waals surface area contributed by atoms with Crippen LogP contribution < -0.4 is 10.6 Å². The van der Waals surface area contributed by atoms with Gasteiger partial charge < -0.3 is 10.3 Å². The number of hydrogen-bond acceptors (Lipinski definition) is 2. The van der Waals surface area contributed by atoms with Crippen molar-refractivity contribution in [2.75, 3.05) is 6.54 Å². The average Bonchev–Trinajstić information content (AvgIpc) is 3.08. The van der Waals surface area contributed by atoms with Crippen LogP contribution in [0.15, 0.2) is 54.7 Å². The van der Waals surface area contributed by atoms with Crippen molar-refractivity contribution in [1.82, 2.24) is 15.6 Å². The minimum Gasteiger partial charge on any atom is -0.361 e. The second kappa shape index (κ2) is 8.43. The molecule has 0 spiro atoms. The highest BCUT2D eigenvalue weighted by Crippen LogP contribution is 2.41. The van der Waals surface area contributed by atoms with E-state index in [2.05, 4.69) is 4.98 Å². The van der Waals surface area contributed by atoms with Crippen LogP contribution in [0, 0.1) is 0 Å². The van der Waals surface area contributed by atoms with Crippen LogP contribution >= 0.6 is 11.6 Å². The maximum Gasteiger partial charge on any atom is 0.434 e. The maximum absolute atomic E-state index is 13.7. The molecular formula is C20H16ClF6N3O. The van der Waals surface area contributed by atoms with Crippen molar-refractivity contribution in [3.05, 3.63) is 70.9 Å². The van der Waals surface area contributed by atoms with Crippen molar-refractivity contribution >= 4 is 28.4 Å². The van der Waals surface area contributed by atoms with E-state index in [1.165, 1.54) is 23.6 Å². The molecule has 0 aliphatic carbocycles. The van der Waals surface area contributed by atoms with Crippen LogP contribution in [0.1, 0.15) is 15.9 Å². The van der Waals surface area contributed by atoms with Crippen molar-refractivity contribution in [1.29, 1.82) is 0 Å². The molecule has 4 nitrogen and oxygen atoms in total. The second-order valence-electron chi connectivity index (χ2n) is 6.75. The molecule has 11 heteroatoms. The normalized spacial score (nSPS) is 12.9. The summed E-state index contributed by atoms with van der Waals surface area (Å²) in [6.45, 7) is -0.712. The van der Waals surface area contributed by atoms with Gasteiger partial charge >= 0.3 is 12.4 Å². The third kappa shape index (κ3) is 4.64. The van der Waals surface area contributed by atoms with Gasteiger partial charge in [0.05, 0.1) is 0 Å². The molecule has 0 saturated heterocycles. The number of aromatic nitrogens is 1. The Hall–Kier alpha value is -2.72. The Kier molecular flexibility index (Phi) is 6.24. The van der Waals surface area contributed by atoms with E-state index >= 15 is 0 Å². The minimum absolute atomic E-state index is 0.00966. The molecule has 166 valence electrons. The van der Waals surface area contributed by atoms with Gasteiger partial charge in [-0.3, -0.25) is 10.1 Å². The lowest BCUT2D eigenvalue weighted by atomic mass is 10.1. The first-order chi connectivity index (χ1) is 14.4. The fourth-order valence-electron chi connectivity index (χ4n) is 3.14. The smallest absolute Gasteiger partial charge is 0.361 e. The predicted octanol–water partition coefficient (Wildman–Crippen LogP) is 5.20. The number of amides is 1. The van der Waals surface area contributed by atoms with E-state index in [4.69, 9.17) is 11.6 Å². The molecule has 3 N–H and O–H groups in total. The van der Waals surface area contributed by atoms with Crippen molar-refractivity contribution in [3.8, 4) is 0 Å². The topological polar surface area (TPSA) is 56.9 Å². The van der Waals surface area contributed by atoms with Gasteiger partial charge in [0.25, 0.3) is 11.6 Å². The molecule has 2 aromatic carbocycles. The number of rotatable bonds is 6. The Morgan fingerprint density at radius 3 is 2.29 bits per heavy atom. The molecule has 0 aliphatic heterocycles. The number of nitrogens with one attached hydrogen (secondary N) is 3. The molecule has 0 saturated carbocycles. The lowest BCUT2D eigenvalue weighted by molar-refractivity contribution is -0.314. The van der Waals surface area contributed by atoms with E-state index in [0.29, 0.717) is 16.5 Å². The van der Waals surface area contributed by atoms with Gasteiger partial charge in [-0.05, 0) is 36.2 Å². The van der Waals surface area contributed by atoms with E-state index < -0.39 is 36.0 Å². The number of fused-ring (bicyclic) bond motifs is 1. The number of carbonyl (C=O) groups is 1. The number of alkyl halides is 6. The zero-order valence-corrected chi connectivity index (χ0v) is 16.4. The van der Waals surface area contributed by atoms with E-state index in [9.17, 15) is 31.1 Å². The van der Waals surface area contributed by atoms with Crippen LogP contribution in [0.4, 0.5) is 26.3 Å². The number of aromatic amines is 1. The summed E-state index contributed by atoms with van der Waals surface area (Å²) in [5.74, 6) is -1.57. The Morgan fingerprint density at radius 2 is 1.65 bits per heavy atom. The van der Waals surface area contributed by atoms with Crippen molar-refractivity contribution in [2.45, 2.75) is 24.4 Å². The van der Waals surface area contributed by atoms with Gasteiger partial charge in [-0.2, -0.15) is 26.3 Å². The molecule has 3 aromatic rings. The number of hydrogen-bond donors (Lipinski definition) is 3. The standard InChI is InChI=1S/C20H16ClF6N3O/c21-14-5-3-4-12(10-14)17(31)30-18(19(22,23)24,20(25,26)27)29-9-8-13-11-28-16-7-2-1-6-15(13)16/h1-7,10-11,28-29H,8-9H2,(H,30,31). The summed E-state index contributed by atoms with van der Waals surface area (Å²) in [6, 6.07) is 11.5. The molecule has 0 atom stereocenters. The first-order valence-corrected chi connectivity index (χ1v) is 9.34. The first-order valence-electron chi connectivity index (χ1n) is 8.96. The Morgan fingerprint density at radius 1 is 0.968 bits per heavy atom. The first kappa shape index (κ1) is 23.0. The summed E-state index contributed by atoms with van der Waals surface area (Å²) in [5, 5.41) is 3.28. The molecule has 1 aromatic heterocycles. The van der Waals surface area contributed by atoms with Gasteiger partial charge in [-0.1, -0.05) is 35.9 Å². The van der Waals surface area contributed by atoms with Crippen LogP contribution in [0.25, 0.3) is 10.9 Å². The molecule has 1 heterocycles. The van der Waals surface area contributed by atoms with Crippen LogP contribution in [0.5, 0.6) is 0 Å². The van der Waals surface area contributed by atoms with Gasteiger partial charge in [-0.15, -0.1) is 0 Å². The summed E-state index contributed by atoms with van der Waals surface area (Å²) in [4.78, 5) is 15.2. The fraction of sp³-hybridized carbons (Fsp3) is 0.250. The Bertz CT molecular complexity index is 1060. The fourth-order valence-corrected chi connectivity index (χ4v) is 3.33. The van der Waals surface area contributed by atoms with Gasteiger partial charge in [0.2, 0.25) is 0 Å². The molecule has 0 radical (unpaired) electrons. The highest BCUT2D eigenvalue weighted by molar-refractivity contribution is 6.30. The third-order valence-corrected chi connectivity index (χ3v) is 4.93. The highest BCUT2D eigenvalue weighted by Gasteiger charge is 2.72. The molecule has 3 rings (SSSR count). The molecule has 0 unspecified atom stereocenters. The maximum atomic E-state index is 13.7. The summed E-state index contributed by atoms with van der Waals surface area (Å²) in [5.41, 5.74) is -3.86. The van der Waals surface area contributed by atoms with Crippen molar-refractivity contribution < 1.29 is 31.1 Å². The zero-order valence-electron chi connectivity index (χ0n) is 15.7. The van der Waals surface area contributed by atoms with E-state index in [1.807, 2.05) is 0 Å². The van der Waals surface area contributed by atoms with Crippen LogP contribution in [-0.4, -0.2) is 35.5 Å². The van der Waals surface area contributed by atoms with Crippen LogP contribution in [0.3, 0.4) is 0 Å². The quantitative estimate of drug-likeness (QED) is 0.347. The number of H-pyrrole nitrogens is 1. The van der Waals surface area contributed by atoms with Crippen molar-refractivity contribution in [2.24, 2.45) is 0 Å². The lowest BCUT2D eigenvalue weighted by Gasteiger charge is -2.38. The van der Waals surface area contributed by atoms with Gasteiger partial charge in [-0.25, -0.2) is 0 Å². The number of para-hydroxylation sites is 1. The lowest BCUT2D eigenvalue weighted by Crippen LogP contribution is -2.75. The molecule has 31 heavy (non-hydrogen) atoms.